The topological polar surface area (TPSA) is 51.4 Å². The fourth-order valence-corrected chi connectivity index (χ4v) is 2.01. The van der Waals surface area contributed by atoms with Gasteiger partial charge in [0.1, 0.15) is 5.82 Å². The highest BCUT2D eigenvalue weighted by Crippen LogP contribution is 2.24. The summed E-state index contributed by atoms with van der Waals surface area (Å²) in [6.07, 6.45) is 0. The predicted octanol–water partition coefficient (Wildman–Crippen LogP) is 3.18. The molecule has 0 radical (unpaired) electrons. The fraction of sp³-hybridized carbons (Fsp3) is 0.667. The highest BCUT2D eigenvalue weighted by atomic mass is 16.5. The van der Waals surface area contributed by atoms with E-state index in [4.69, 9.17) is 10.5 Å². The van der Waals surface area contributed by atoms with Crippen LogP contribution in [0.15, 0.2) is 12.1 Å². The monoisotopic (exact) mass is 265 g/mol. The number of pyridine rings is 1. The Morgan fingerprint density at radius 1 is 1.16 bits per heavy atom. The molecule has 0 amide bonds. The van der Waals surface area contributed by atoms with Crippen molar-refractivity contribution >= 4 is 11.5 Å². The van der Waals surface area contributed by atoms with Crippen molar-refractivity contribution in [3.05, 3.63) is 12.1 Å². The molecule has 0 aliphatic heterocycles. The minimum absolute atomic E-state index is 0.539. The molecule has 4 nitrogen and oxygen atoms in total. The molecule has 0 unspecified atom stereocenters. The predicted molar refractivity (Wildman–Crippen MR) is 81.7 cm³/mol. The molecule has 0 aliphatic carbocycles. The van der Waals surface area contributed by atoms with Crippen LogP contribution in [0.3, 0.4) is 0 Å². The molecule has 0 aliphatic rings. The molecule has 1 aromatic heterocycles. The maximum absolute atomic E-state index is 5.87. The molecule has 0 aromatic carbocycles. The van der Waals surface area contributed by atoms with Gasteiger partial charge in [0.15, 0.2) is 0 Å². The van der Waals surface area contributed by atoms with Crippen LogP contribution in [-0.2, 0) is 0 Å². The smallest absolute Gasteiger partial charge is 0.239 e. The van der Waals surface area contributed by atoms with Crippen molar-refractivity contribution in [2.75, 3.05) is 30.3 Å². The largest absolute Gasteiger partial charge is 0.476 e. The van der Waals surface area contributed by atoms with Crippen LogP contribution in [0.4, 0.5) is 11.5 Å². The second-order valence-corrected chi connectivity index (χ2v) is 5.69. The van der Waals surface area contributed by atoms with E-state index < -0.39 is 0 Å². The molecule has 1 rings (SSSR count). The Morgan fingerprint density at radius 2 is 1.74 bits per heavy atom. The van der Waals surface area contributed by atoms with Gasteiger partial charge in [0, 0.05) is 13.1 Å². The average Bonchev–Trinajstić information content (AvgIpc) is 2.30. The van der Waals surface area contributed by atoms with Crippen molar-refractivity contribution in [2.24, 2.45) is 11.8 Å². The number of ether oxygens (including phenoxy) is 1. The van der Waals surface area contributed by atoms with Crippen LogP contribution in [0.2, 0.25) is 0 Å². The van der Waals surface area contributed by atoms with E-state index in [1.54, 1.807) is 0 Å². The van der Waals surface area contributed by atoms with Crippen LogP contribution in [-0.4, -0.2) is 24.7 Å². The van der Waals surface area contributed by atoms with Gasteiger partial charge in [-0.3, -0.25) is 0 Å². The molecule has 0 spiro atoms. The van der Waals surface area contributed by atoms with E-state index in [-0.39, 0.29) is 0 Å². The number of rotatable bonds is 7. The van der Waals surface area contributed by atoms with Crippen molar-refractivity contribution < 1.29 is 4.74 Å². The van der Waals surface area contributed by atoms with Crippen LogP contribution < -0.4 is 15.4 Å². The Bertz CT molecular complexity index is 381. The molecule has 1 aromatic rings. The molecule has 19 heavy (non-hydrogen) atoms. The third-order valence-corrected chi connectivity index (χ3v) is 2.65. The van der Waals surface area contributed by atoms with Crippen molar-refractivity contribution in [3.8, 4) is 5.88 Å². The lowest BCUT2D eigenvalue weighted by Crippen LogP contribution is -2.32. The van der Waals surface area contributed by atoms with Crippen LogP contribution in [0, 0.1) is 11.8 Å². The second-order valence-electron chi connectivity index (χ2n) is 5.69. The van der Waals surface area contributed by atoms with E-state index in [0.717, 1.165) is 18.9 Å². The summed E-state index contributed by atoms with van der Waals surface area (Å²) in [6, 6.07) is 3.85. The molecule has 0 fully saturated rings. The zero-order valence-corrected chi connectivity index (χ0v) is 12.8. The molecular weight excluding hydrogens is 238 g/mol. The molecule has 0 atom stereocenters. The van der Waals surface area contributed by atoms with Gasteiger partial charge < -0.3 is 15.4 Å². The SMILES string of the molecule is CCOc1nc(N(CC(C)C)CC(C)C)ccc1N. The van der Waals surface area contributed by atoms with Crippen molar-refractivity contribution in [3.63, 3.8) is 0 Å². The first-order chi connectivity index (χ1) is 8.93. The maximum atomic E-state index is 5.87. The zero-order chi connectivity index (χ0) is 14.4. The second kappa shape index (κ2) is 7.22. The van der Waals surface area contributed by atoms with E-state index >= 15 is 0 Å². The third-order valence-electron chi connectivity index (χ3n) is 2.65. The van der Waals surface area contributed by atoms with Crippen LogP contribution >= 0.6 is 0 Å². The first kappa shape index (κ1) is 15.6. The molecule has 0 saturated heterocycles. The number of nitrogens with zero attached hydrogens (tertiary/aromatic N) is 2. The first-order valence-corrected chi connectivity index (χ1v) is 7.08. The lowest BCUT2D eigenvalue weighted by Gasteiger charge is -2.27. The van der Waals surface area contributed by atoms with Gasteiger partial charge in [0.25, 0.3) is 0 Å². The van der Waals surface area contributed by atoms with Crippen molar-refractivity contribution in [1.82, 2.24) is 4.98 Å². The van der Waals surface area contributed by atoms with Crippen molar-refractivity contribution in [1.29, 1.82) is 0 Å². The molecule has 2 N–H and O–H groups in total. The molecule has 1 heterocycles. The average molecular weight is 265 g/mol. The summed E-state index contributed by atoms with van der Waals surface area (Å²) in [5.41, 5.74) is 6.47. The van der Waals surface area contributed by atoms with E-state index in [9.17, 15) is 0 Å². The van der Waals surface area contributed by atoms with Gasteiger partial charge >= 0.3 is 0 Å². The lowest BCUT2D eigenvalue weighted by atomic mass is 10.1. The van der Waals surface area contributed by atoms with Gasteiger partial charge in [-0.15, -0.1) is 0 Å². The summed E-state index contributed by atoms with van der Waals surface area (Å²) < 4.78 is 5.47. The maximum Gasteiger partial charge on any atom is 0.239 e. The van der Waals surface area contributed by atoms with Crippen LogP contribution in [0.1, 0.15) is 34.6 Å². The standard InChI is InChI=1S/C15H27N3O/c1-6-19-15-13(16)7-8-14(17-15)18(9-11(2)3)10-12(4)5/h7-8,11-12H,6,9-10,16H2,1-5H3. The summed E-state index contributed by atoms with van der Waals surface area (Å²) in [5.74, 6) is 2.67. The third kappa shape index (κ3) is 4.97. The summed E-state index contributed by atoms with van der Waals surface area (Å²) in [6.45, 7) is 13.4. The molecule has 108 valence electrons. The number of hydrogen-bond donors (Lipinski definition) is 1. The van der Waals surface area contributed by atoms with Gasteiger partial charge in [-0.25, -0.2) is 0 Å². The van der Waals surface area contributed by atoms with Gasteiger partial charge in [0.2, 0.25) is 5.88 Å². The number of aromatic nitrogens is 1. The number of nitrogens with two attached hydrogens (primary N) is 1. The minimum atomic E-state index is 0.539. The van der Waals surface area contributed by atoms with Gasteiger partial charge in [-0.1, -0.05) is 27.7 Å². The fourth-order valence-electron chi connectivity index (χ4n) is 2.01. The highest BCUT2D eigenvalue weighted by molar-refractivity contribution is 5.54. The van der Waals surface area contributed by atoms with E-state index in [0.29, 0.717) is 30.0 Å². The summed E-state index contributed by atoms with van der Waals surface area (Å²) >= 11 is 0. The highest BCUT2D eigenvalue weighted by Gasteiger charge is 2.13. The number of anilines is 2. The Labute approximate surface area is 117 Å². The molecule has 4 heteroatoms. The minimum Gasteiger partial charge on any atom is -0.476 e. The first-order valence-electron chi connectivity index (χ1n) is 7.08. The molecular formula is C15H27N3O. The van der Waals surface area contributed by atoms with Crippen LogP contribution in [0.25, 0.3) is 0 Å². The zero-order valence-electron chi connectivity index (χ0n) is 12.8. The van der Waals surface area contributed by atoms with E-state index in [2.05, 4.69) is 37.6 Å². The number of nitrogen functional groups attached to an aromatic ring is 1. The molecule has 0 bridgehead atoms. The van der Waals surface area contributed by atoms with Crippen LogP contribution in [0.5, 0.6) is 5.88 Å². The summed E-state index contributed by atoms with van der Waals surface area (Å²) in [7, 11) is 0. The normalized spacial score (nSPS) is 11.1. The Hall–Kier alpha value is -1.45. The van der Waals surface area contributed by atoms with Crippen molar-refractivity contribution in [2.45, 2.75) is 34.6 Å². The van der Waals surface area contributed by atoms with Gasteiger partial charge in [-0.2, -0.15) is 4.98 Å². The number of hydrogen-bond acceptors (Lipinski definition) is 4. The quantitative estimate of drug-likeness (QED) is 0.822. The Balaban J connectivity index is 2.97. The van der Waals surface area contributed by atoms with Gasteiger partial charge in [-0.05, 0) is 30.9 Å². The summed E-state index contributed by atoms with van der Waals surface area (Å²) in [4.78, 5) is 6.85. The molecule has 0 saturated carbocycles. The Morgan fingerprint density at radius 3 is 2.21 bits per heavy atom. The van der Waals surface area contributed by atoms with Gasteiger partial charge in [0.05, 0.1) is 12.3 Å². The van der Waals surface area contributed by atoms with E-state index in [1.807, 2.05) is 19.1 Å². The Kier molecular flexibility index (Phi) is 5.93. The lowest BCUT2D eigenvalue weighted by molar-refractivity contribution is 0.328. The van der Waals surface area contributed by atoms with E-state index in [1.165, 1.54) is 0 Å². The summed E-state index contributed by atoms with van der Waals surface area (Å²) in [5, 5.41) is 0.